The third kappa shape index (κ3) is 2.82. The van der Waals surface area contributed by atoms with Gasteiger partial charge in [0, 0.05) is 18.2 Å². The molecule has 1 N–H and O–H groups in total. The summed E-state index contributed by atoms with van der Waals surface area (Å²) in [7, 11) is 1.73. The lowest BCUT2D eigenvalue weighted by atomic mass is 9.98. The summed E-state index contributed by atoms with van der Waals surface area (Å²) in [5.74, 6) is 0.353. The van der Waals surface area contributed by atoms with Gasteiger partial charge in [0.05, 0.1) is 12.3 Å². The van der Waals surface area contributed by atoms with Gasteiger partial charge in [0.1, 0.15) is 5.69 Å². The normalized spacial score (nSPS) is 13.3. The van der Waals surface area contributed by atoms with Crippen molar-refractivity contribution in [2.75, 3.05) is 18.6 Å². The van der Waals surface area contributed by atoms with E-state index >= 15 is 0 Å². The lowest BCUT2D eigenvalue weighted by molar-refractivity contribution is -0.121. The van der Waals surface area contributed by atoms with Crippen molar-refractivity contribution in [2.24, 2.45) is 0 Å². The van der Waals surface area contributed by atoms with E-state index in [1.807, 2.05) is 60.7 Å². The van der Waals surface area contributed by atoms with E-state index in [4.69, 9.17) is 9.72 Å². The molecule has 0 aliphatic carbocycles. The fraction of sp³-hybridized carbons (Fsp3) is 0.143. The molecule has 2 heterocycles. The van der Waals surface area contributed by atoms with Gasteiger partial charge in [-0.3, -0.25) is 4.79 Å². The van der Waals surface area contributed by atoms with Crippen molar-refractivity contribution < 1.29 is 14.6 Å². The summed E-state index contributed by atoms with van der Waals surface area (Å²) in [6, 6.07) is 19.5. The molecule has 3 aromatic rings. The number of likely N-dealkylation sites (N-methyl/N-ethyl adjacent to an activating group) is 1. The zero-order valence-electron chi connectivity index (χ0n) is 14.3. The first-order valence-electron chi connectivity index (χ1n) is 8.37. The molecule has 2 aromatic carbocycles. The van der Waals surface area contributed by atoms with Gasteiger partial charge < -0.3 is 14.7 Å². The third-order valence-electron chi connectivity index (χ3n) is 4.53. The number of carbonyl (C=O) groups is 1. The number of aromatic nitrogens is 1. The van der Waals surface area contributed by atoms with Crippen LogP contribution in [0.25, 0.3) is 22.4 Å². The molecule has 0 atom stereocenters. The minimum absolute atomic E-state index is 0.000539. The molecular weight excluding hydrogens is 328 g/mol. The number of hydrogen-bond acceptors (Lipinski definition) is 4. The smallest absolute Gasteiger partial charge is 0.264 e. The van der Waals surface area contributed by atoms with Gasteiger partial charge in [-0.1, -0.05) is 54.6 Å². The highest BCUT2D eigenvalue weighted by Crippen LogP contribution is 2.39. The van der Waals surface area contributed by atoms with E-state index in [1.54, 1.807) is 11.9 Å². The summed E-state index contributed by atoms with van der Waals surface area (Å²) in [5, 5.41) is 9.27. The Morgan fingerprint density at radius 1 is 1.08 bits per heavy atom. The number of fused-ring (bicyclic) bond motifs is 1. The quantitative estimate of drug-likeness (QED) is 0.791. The van der Waals surface area contributed by atoms with E-state index in [2.05, 4.69) is 0 Å². The molecule has 0 bridgehead atoms. The third-order valence-corrected chi connectivity index (χ3v) is 4.53. The maximum atomic E-state index is 12.0. The Bertz CT molecular complexity index is 953. The molecular formula is C21H18N2O3. The van der Waals surface area contributed by atoms with Gasteiger partial charge in [0.15, 0.2) is 6.61 Å². The maximum Gasteiger partial charge on any atom is 0.264 e. The van der Waals surface area contributed by atoms with Crippen LogP contribution in [-0.2, 0) is 11.4 Å². The van der Waals surface area contributed by atoms with Crippen LogP contribution in [0.3, 0.4) is 0 Å². The van der Waals surface area contributed by atoms with Gasteiger partial charge in [-0.15, -0.1) is 0 Å². The summed E-state index contributed by atoms with van der Waals surface area (Å²) < 4.78 is 5.56. The molecule has 5 heteroatoms. The number of aliphatic hydroxyl groups is 1. The van der Waals surface area contributed by atoms with Gasteiger partial charge in [0.25, 0.3) is 5.91 Å². The lowest BCUT2D eigenvalue weighted by Crippen LogP contribution is -2.35. The van der Waals surface area contributed by atoms with Crippen LogP contribution in [0.1, 0.15) is 5.56 Å². The number of benzene rings is 2. The Balaban J connectivity index is 1.92. The molecule has 1 aliphatic rings. The number of pyridine rings is 1. The molecule has 26 heavy (non-hydrogen) atoms. The van der Waals surface area contributed by atoms with E-state index in [9.17, 15) is 9.90 Å². The van der Waals surface area contributed by atoms with Crippen LogP contribution in [0.2, 0.25) is 0 Å². The Hall–Kier alpha value is -3.18. The summed E-state index contributed by atoms with van der Waals surface area (Å²) in [6.45, 7) is -0.0104. The average Bonchev–Trinajstić information content (AvgIpc) is 2.71. The van der Waals surface area contributed by atoms with Crippen molar-refractivity contribution >= 4 is 11.6 Å². The Morgan fingerprint density at radius 3 is 2.50 bits per heavy atom. The summed E-state index contributed by atoms with van der Waals surface area (Å²) in [6.07, 6.45) is 0. The first-order valence-corrected chi connectivity index (χ1v) is 8.37. The first-order chi connectivity index (χ1) is 12.7. The van der Waals surface area contributed by atoms with E-state index in [0.717, 1.165) is 27.9 Å². The Morgan fingerprint density at radius 2 is 1.81 bits per heavy atom. The summed E-state index contributed by atoms with van der Waals surface area (Å²) in [4.78, 5) is 18.3. The molecule has 1 aliphatic heterocycles. The van der Waals surface area contributed by atoms with Crippen molar-refractivity contribution in [1.29, 1.82) is 0 Å². The Kier molecular flexibility index (Phi) is 4.14. The van der Waals surface area contributed by atoms with Crippen molar-refractivity contribution in [3.63, 3.8) is 0 Å². The number of rotatable bonds is 3. The Labute approximate surface area is 151 Å². The van der Waals surface area contributed by atoms with Crippen molar-refractivity contribution in [2.45, 2.75) is 6.61 Å². The second kappa shape index (κ2) is 6.61. The van der Waals surface area contributed by atoms with E-state index in [-0.39, 0.29) is 19.1 Å². The molecule has 0 saturated heterocycles. The number of ether oxygens (including phenoxy) is 1. The molecule has 0 spiro atoms. The molecule has 0 saturated carbocycles. The van der Waals surface area contributed by atoms with Gasteiger partial charge in [-0.2, -0.15) is 0 Å². The van der Waals surface area contributed by atoms with Crippen molar-refractivity contribution in [3.8, 4) is 28.3 Å². The zero-order valence-corrected chi connectivity index (χ0v) is 14.3. The van der Waals surface area contributed by atoms with E-state index in [0.29, 0.717) is 11.6 Å². The van der Waals surface area contributed by atoms with Gasteiger partial charge in [-0.05, 0) is 17.2 Å². The molecule has 5 nitrogen and oxygen atoms in total. The highest BCUT2D eigenvalue weighted by atomic mass is 16.5. The number of amides is 1. The highest BCUT2D eigenvalue weighted by Gasteiger charge is 2.26. The summed E-state index contributed by atoms with van der Waals surface area (Å²) >= 11 is 0. The molecule has 1 amide bonds. The number of anilines is 1. The fourth-order valence-corrected chi connectivity index (χ4v) is 3.02. The van der Waals surface area contributed by atoms with Crippen LogP contribution in [0.4, 0.5) is 5.69 Å². The number of carbonyl (C=O) groups excluding carboxylic acids is 1. The molecule has 1 aromatic heterocycles. The number of nitrogens with zero attached hydrogens (tertiary/aromatic N) is 2. The predicted molar refractivity (Wildman–Crippen MR) is 99.9 cm³/mol. The number of hydrogen-bond donors (Lipinski definition) is 1. The van der Waals surface area contributed by atoms with Crippen LogP contribution in [0.5, 0.6) is 5.88 Å². The summed E-state index contributed by atoms with van der Waals surface area (Å²) in [5.41, 5.74) is 5.14. The molecule has 130 valence electrons. The predicted octanol–water partition coefficient (Wildman–Crippen LogP) is 3.26. The van der Waals surface area contributed by atoms with Crippen LogP contribution in [0.15, 0.2) is 60.7 Å². The number of aliphatic hydroxyl groups excluding tert-OH is 1. The fourth-order valence-electron chi connectivity index (χ4n) is 3.02. The second-order valence-electron chi connectivity index (χ2n) is 6.17. The van der Waals surface area contributed by atoms with Crippen LogP contribution >= 0.6 is 0 Å². The van der Waals surface area contributed by atoms with Crippen LogP contribution in [-0.4, -0.2) is 29.7 Å². The largest absolute Gasteiger partial charge is 0.466 e. The molecule has 0 unspecified atom stereocenters. The van der Waals surface area contributed by atoms with Gasteiger partial charge >= 0.3 is 0 Å². The molecule has 4 rings (SSSR count). The topological polar surface area (TPSA) is 62.7 Å². The second-order valence-corrected chi connectivity index (χ2v) is 6.17. The van der Waals surface area contributed by atoms with E-state index < -0.39 is 0 Å². The minimum atomic E-state index is -0.0987. The maximum absolute atomic E-state index is 12.0. The SMILES string of the molecule is CN1C(=O)COc2nc(-c3ccc(CO)cc3)c(-c3ccccc3)cc21. The monoisotopic (exact) mass is 346 g/mol. The zero-order chi connectivity index (χ0) is 18.1. The van der Waals surface area contributed by atoms with Crippen LogP contribution < -0.4 is 9.64 Å². The molecule has 0 radical (unpaired) electrons. The van der Waals surface area contributed by atoms with Crippen molar-refractivity contribution in [1.82, 2.24) is 4.98 Å². The standard InChI is InChI=1S/C21H18N2O3/c1-23-18-11-17(15-5-3-2-4-6-15)20(22-21(18)26-13-19(23)25)16-9-7-14(12-24)8-10-16/h2-11,24H,12-13H2,1H3. The highest BCUT2D eigenvalue weighted by molar-refractivity contribution is 5.98. The molecule has 0 fully saturated rings. The van der Waals surface area contributed by atoms with E-state index in [1.165, 1.54) is 0 Å². The van der Waals surface area contributed by atoms with Crippen molar-refractivity contribution in [3.05, 3.63) is 66.2 Å². The average molecular weight is 346 g/mol. The van der Waals surface area contributed by atoms with Gasteiger partial charge in [0.2, 0.25) is 5.88 Å². The first kappa shape index (κ1) is 16.3. The lowest BCUT2D eigenvalue weighted by Gasteiger charge is -2.26. The van der Waals surface area contributed by atoms with Crippen LogP contribution in [0, 0.1) is 0 Å². The minimum Gasteiger partial charge on any atom is -0.466 e. The van der Waals surface area contributed by atoms with Gasteiger partial charge in [-0.25, -0.2) is 4.98 Å².